The SMILES string of the molecule is O=C1CCSc2ccc(C(=O)OCC(=O)N3CCOCC3)cc2N1. The van der Waals surface area contributed by atoms with Gasteiger partial charge in [0.1, 0.15) is 0 Å². The molecular formula is C16H18N2O5S. The van der Waals surface area contributed by atoms with E-state index in [1.54, 1.807) is 34.9 Å². The molecule has 3 rings (SSSR count). The molecule has 2 amide bonds. The Labute approximate surface area is 143 Å². The highest BCUT2D eigenvalue weighted by molar-refractivity contribution is 7.99. The van der Waals surface area contributed by atoms with E-state index in [0.717, 1.165) is 4.90 Å². The molecule has 0 saturated carbocycles. The summed E-state index contributed by atoms with van der Waals surface area (Å²) >= 11 is 1.56. The summed E-state index contributed by atoms with van der Waals surface area (Å²) in [5.74, 6) is -0.182. The van der Waals surface area contributed by atoms with E-state index >= 15 is 0 Å². The largest absolute Gasteiger partial charge is 0.452 e. The summed E-state index contributed by atoms with van der Waals surface area (Å²) in [6.07, 6.45) is 0.438. The number of benzene rings is 1. The number of amides is 2. The summed E-state index contributed by atoms with van der Waals surface area (Å²) < 4.78 is 10.3. The maximum atomic E-state index is 12.1. The first-order valence-electron chi connectivity index (χ1n) is 7.73. The molecule has 0 atom stereocenters. The van der Waals surface area contributed by atoms with Crippen LogP contribution in [0.3, 0.4) is 0 Å². The molecule has 1 saturated heterocycles. The molecule has 0 bridgehead atoms. The number of hydrogen-bond donors (Lipinski definition) is 1. The average Bonchev–Trinajstić information content (AvgIpc) is 2.79. The van der Waals surface area contributed by atoms with Crippen LogP contribution < -0.4 is 5.32 Å². The Hall–Kier alpha value is -2.06. The highest BCUT2D eigenvalue weighted by Crippen LogP contribution is 2.31. The number of carbonyl (C=O) groups excluding carboxylic acids is 3. The topological polar surface area (TPSA) is 84.9 Å². The Morgan fingerprint density at radius 1 is 1.29 bits per heavy atom. The minimum absolute atomic E-state index is 0.0748. The summed E-state index contributed by atoms with van der Waals surface area (Å²) in [5, 5.41) is 2.78. The first-order chi connectivity index (χ1) is 11.6. The van der Waals surface area contributed by atoms with Crippen LogP contribution >= 0.6 is 11.8 Å². The van der Waals surface area contributed by atoms with Gasteiger partial charge in [0.15, 0.2) is 6.61 Å². The van der Waals surface area contributed by atoms with Crippen LogP contribution in [0.1, 0.15) is 16.8 Å². The Kier molecular flexibility index (Phi) is 5.37. The molecular weight excluding hydrogens is 332 g/mol. The summed E-state index contributed by atoms with van der Waals surface area (Å²) in [4.78, 5) is 38.3. The summed E-state index contributed by atoms with van der Waals surface area (Å²) in [6.45, 7) is 1.73. The fourth-order valence-electron chi connectivity index (χ4n) is 2.46. The van der Waals surface area contributed by atoms with Crippen LogP contribution in [0, 0.1) is 0 Å². The van der Waals surface area contributed by atoms with Crippen LogP contribution in [0.15, 0.2) is 23.1 Å². The van der Waals surface area contributed by atoms with E-state index in [2.05, 4.69) is 5.32 Å². The van der Waals surface area contributed by atoms with Crippen molar-refractivity contribution in [3.63, 3.8) is 0 Å². The number of rotatable bonds is 3. The minimum atomic E-state index is -0.581. The minimum Gasteiger partial charge on any atom is -0.452 e. The molecule has 1 N–H and O–H groups in total. The first kappa shape index (κ1) is 16.8. The third-order valence-corrected chi connectivity index (χ3v) is 4.84. The number of nitrogens with one attached hydrogen (secondary N) is 1. The number of nitrogens with zero attached hydrogens (tertiary/aromatic N) is 1. The molecule has 1 aromatic carbocycles. The van der Waals surface area contributed by atoms with Crippen molar-refractivity contribution in [3.05, 3.63) is 23.8 Å². The van der Waals surface area contributed by atoms with Gasteiger partial charge >= 0.3 is 5.97 Å². The van der Waals surface area contributed by atoms with Crippen molar-refractivity contribution in [3.8, 4) is 0 Å². The number of esters is 1. The van der Waals surface area contributed by atoms with Crippen molar-refractivity contribution in [1.82, 2.24) is 4.90 Å². The second kappa shape index (κ2) is 7.67. The Morgan fingerprint density at radius 3 is 2.88 bits per heavy atom. The number of morpholine rings is 1. The van der Waals surface area contributed by atoms with Crippen molar-refractivity contribution in [2.24, 2.45) is 0 Å². The third kappa shape index (κ3) is 4.07. The molecule has 1 fully saturated rings. The predicted molar refractivity (Wildman–Crippen MR) is 88.1 cm³/mol. The van der Waals surface area contributed by atoms with Crippen LogP contribution in [0.25, 0.3) is 0 Å². The van der Waals surface area contributed by atoms with Gasteiger partial charge in [0.05, 0.1) is 24.5 Å². The van der Waals surface area contributed by atoms with Crippen LogP contribution in [-0.2, 0) is 19.1 Å². The van der Waals surface area contributed by atoms with Crippen LogP contribution in [0.2, 0.25) is 0 Å². The molecule has 128 valence electrons. The van der Waals surface area contributed by atoms with Crippen molar-refractivity contribution in [2.45, 2.75) is 11.3 Å². The summed E-state index contributed by atoms with van der Waals surface area (Å²) in [7, 11) is 0. The highest BCUT2D eigenvalue weighted by Gasteiger charge is 2.20. The van der Waals surface area contributed by atoms with Crippen LogP contribution in [-0.4, -0.2) is 61.3 Å². The van der Waals surface area contributed by atoms with Crippen molar-refractivity contribution in [1.29, 1.82) is 0 Å². The lowest BCUT2D eigenvalue weighted by atomic mass is 10.2. The second-order valence-electron chi connectivity index (χ2n) is 5.43. The van der Waals surface area contributed by atoms with E-state index in [1.165, 1.54) is 0 Å². The van der Waals surface area contributed by atoms with Crippen LogP contribution in [0.4, 0.5) is 5.69 Å². The number of anilines is 1. The zero-order valence-electron chi connectivity index (χ0n) is 13.1. The second-order valence-corrected chi connectivity index (χ2v) is 6.56. The molecule has 24 heavy (non-hydrogen) atoms. The predicted octanol–water partition coefficient (Wildman–Crippen LogP) is 1.14. The van der Waals surface area contributed by atoms with Gasteiger partial charge in [-0.15, -0.1) is 11.8 Å². The molecule has 0 radical (unpaired) electrons. The molecule has 2 heterocycles. The zero-order valence-corrected chi connectivity index (χ0v) is 13.9. The van der Waals surface area contributed by atoms with E-state index in [1.807, 2.05) is 0 Å². The molecule has 0 unspecified atom stereocenters. The van der Waals surface area contributed by atoms with Gasteiger partial charge in [0.2, 0.25) is 5.91 Å². The zero-order chi connectivity index (χ0) is 16.9. The van der Waals surface area contributed by atoms with Gasteiger partial charge in [-0.05, 0) is 18.2 Å². The van der Waals surface area contributed by atoms with Gasteiger partial charge in [-0.25, -0.2) is 4.79 Å². The normalized spacial score (nSPS) is 17.5. The maximum absolute atomic E-state index is 12.1. The van der Waals surface area contributed by atoms with E-state index < -0.39 is 5.97 Å². The van der Waals surface area contributed by atoms with Gasteiger partial charge in [0, 0.05) is 30.2 Å². The van der Waals surface area contributed by atoms with Gasteiger partial charge in [-0.3, -0.25) is 9.59 Å². The number of fused-ring (bicyclic) bond motifs is 1. The maximum Gasteiger partial charge on any atom is 0.338 e. The van der Waals surface area contributed by atoms with Gasteiger partial charge in [0.25, 0.3) is 5.91 Å². The Morgan fingerprint density at radius 2 is 2.08 bits per heavy atom. The lowest BCUT2D eigenvalue weighted by Crippen LogP contribution is -2.42. The van der Waals surface area contributed by atoms with Gasteiger partial charge in [-0.1, -0.05) is 0 Å². The lowest BCUT2D eigenvalue weighted by molar-refractivity contribution is -0.138. The molecule has 0 spiro atoms. The van der Waals surface area contributed by atoms with Crippen molar-refractivity contribution < 1.29 is 23.9 Å². The van der Waals surface area contributed by atoms with E-state index in [-0.39, 0.29) is 18.4 Å². The number of thioether (sulfide) groups is 1. The Balaban J connectivity index is 1.60. The van der Waals surface area contributed by atoms with Gasteiger partial charge in [-0.2, -0.15) is 0 Å². The van der Waals surface area contributed by atoms with E-state index in [4.69, 9.17) is 9.47 Å². The molecule has 0 aromatic heterocycles. The fraction of sp³-hybridized carbons (Fsp3) is 0.438. The fourth-order valence-corrected chi connectivity index (χ4v) is 3.40. The Bertz CT molecular complexity index is 658. The molecule has 8 heteroatoms. The number of hydrogen-bond acceptors (Lipinski definition) is 6. The summed E-state index contributed by atoms with van der Waals surface area (Å²) in [6, 6.07) is 5.02. The summed E-state index contributed by atoms with van der Waals surface area (Å²) in [5.41, 5.74) is 0.919. The monoisotopic (exact) mass is 350 g/mol. The van der Waals surface area contributed by atoms with Gasteiger partial charge < -0.3 is 19.7 Å². The molecule has 1 aromatic rings. The molecule has 2 aliphatic rings. The third-order valence-electron chi connectivity index (χ3n) is 3.77. The lowest BCUT2D eigenvalue weighted by Gasteiger charge is -2.26. The molecule has 7 nitrogen and oxygen atoms in total. The van der Waals surface area contributed by atoms with Crippen molar-refractivity contribution >= 4 is 35.2 Å². The molecule has 0 aliphatic carbocycles. The highest BCUT2D eigenvalue weighted by atomic mass is 32.2. The van der Waals surface area contributed by atoms with Crippen LogP contribution in [0.5, 0.6) is 0 Å². The standard InChI is InChI=1S/C16H18N2O5S/c19-14-3-8-24-13-2-1-11(9-12(13)17-14)16(21)23-10-15(20)18-4-6-22-7-5-18/h1-2,9H,3-8,10H2,(H,17,19). The first-order valence-corrected chi connectivity index (χ1v) is 8.71. The number of carbonyl (C=O) groups is 3. The number of ether oxygens (including phenoxy) is 2. The van der Waals surface area contributed by atoms with Crippen molar-refractivity contribution in [2.75, 3.05) is 44.0 Å². The smallest absolute Gasteiger partial charge is 0.338 e. The quantitative estimate of drug-likeness (QED) is 0.823. The van der Waals surface area contributed by atoms with E-state index in [0.29, 0.717) is 49.7 Å². The average molecular weight is 350 g/mol. The molecule has 2 aliphatic heterocycles. The van der Waals surface area contributed by atoms with E-state index in [9.17, 15) is 14.4 Å².